The maximum Gasteiger partial charge on any atom is 0.125 e. The first-order chi connectivity index (χ1) is 9.56. The number of halogens is 2. The molecule has 0 fully saturated rings. The molecule has 2 rings (SSSR count). The molecule has 0 radical (unpaired) electrons. The fourth-order valence-electron chi connectivity index (χ4n) is 2.08. The van der Waals surface area contributed by atoms with Crippen LogP contribution in [0.3, 0.4) is 0 Å². The monoisotopic (exact) mass is 354 g/mol. The maximum atomic E-state index is 6.19. The standard InChI is InChI=1S/C15H16BrClN2O/c1-9-3-4-10(7-13(9)17)15(19-18)12-6-5-11(16)8-14(12)20-2/h3-8,15,19H,18H2,1-2H3. The summed E-state index contributed by atoms with van der Waals surface area (Å²) >= 11 is 9.63. The van der Waals surface area contributed by atoms with Gasteiger partial charge in [0.15, 0.2) is 0 Å². The lowest BCUT2D eigenvalue weighted by Crippen LogP contribution is -2.29. The second kappa shape index (κ2) is 6.59. The summed E-state index contributed by atoms with van der Waals surface area (Å²) in [6.07, 6.45) is 0. The van der Waals surface area contributed by atoms with Crippen molar-refractivity contribution in [2.24, 2.45) is 5.84 Å². The Hall–Kier alpha value is -1.07. The van der Waals surface area contributed by atoms with Crippen LogP contribution in [0.4, 0.5) is 0 Å². The van der Waals surface area contributed by atoms with Gasteiger partial charge in [0.05, 0.1) is 13.2 Å². The molecule has 0 aliphatic heterocycles. The van der Waals surface area contributed by atoms with Crippen LogP contribution in [0.5, 0.6) is 5.75 Å². The van der Waals surface area contributed by atoms with Crippen LogP contribution >= 0.6 is 27.5 Å². The number of ether oxygens (including phenoxy) is 1. The van der Waals surface area contributed by atoms with Gasteiger partial charge in [-0.1, -0.05) is 45.7 Å². The number of hydrogen-bond donors (Lipinski definition) is 2. The van der Waals surface area contributed by atoms with Crippen molar-refractivity contribution in [3.05, 3.63) is 62.6 Å². The summed E-state index contributed by atoms with van der Waals surface area (Å²) in [5, 5.41) is 0.721. The molecule has 0 saturated heterocycles. The van der Waals surface area contributed by atoms with Gasteiger partial charge in [-0.3, -0.25) is 5.84 Å². The fraction of sp³-hybridized carbons (Fsp3) is 0.200. The second-order valence-electron chi connectivity index (χ2n) is 4.49. The van der Waals surface area contributed by atoms with Crippen molar-refractivity contribution in [2.45, 2.75) is 13.0 Å². The van der Waals surface area contributed by atoms with Gasteiger partial charge in [-0.25, -0.2) is 5.43 Å². The molecule has 3 N–H and O–H groups in total. The molecule has 1 atom stereocenters. The molecular formula is C15H16BrClN2O. The van der Waals surface area contributed by atoms with E-state index in [2.05, 4.69) is 21.4 Å². The van der Waals surface area contributed by atoms with Gasteiger partial charge in [0.25, 0.3) is 0 Å². The molecule has 0 amide bonds. The molecule has 0 saturated carbocycles. The Balaban J connectivity index is 2.49. The quantitative estimate of drug-likeness (QED) is 0.644. The Morgan fingerprint density at radius 2 is 2.00 bits per heavy atom. The van der Waals surface area contributed by atoms with E-state index < -0.39 is 0 Å². The number of hydrazine groups is 1. The van der Waals surface area contributed by atoms with Crippen LogP contribution in [0, 0.1) is 6.92 Å². The van der Waals surface area contributed by atoms with Crippen LogP contribution in [-0.2, 0) is 0 Å². The average Bonchev–Trinajstić information content (AvgIpc) is 2.44. The molecule has 0 spiro atoms. The van der Waals surface area contributed by atoms with Gasteiger partial charge in [0.2, 0.25) is 0 Å². The summed E-state index contributed by atoms with van der Waals surface area (Å²) in [5.74, 6) is 6.49. The molecule has 5 heteroatoms. The van der Waals surface area contributed by atoms with Gasteiger partial charge in [-0.2, -0.15) is 0 Å². The van der Waals surface area contributed by atoms with E-state index in [1.54, 1.807) is 7.11 Å². The largest absolute Gasteiger partial charge is 0.496 e. The van der Waals surface area contributed by atoms with Crippen molar-refractivity contribution < 1.29 is 4.74 Å². The predicted octanol–water partition coefficient (Wildman–Crippen LogP) is 3.97. The highest BCUT2D eigenvalue weighted by atomic mass is 79.9. The smallest absolute Gasteiger partial charge is 0.125 e. The topological polar surface area (TPSA) is 47.3 Å². The summed E-state index contributed by atoms with van der Waals surface area (Å²) < 4.78 is 6.38. The van der Waals surface area contributed by atoms with Gasteiger partial charge in [0.1, 0.15) is 5.75 Å². The first-order valence-electron chi connectivity index (χ1n) is 6.12. The molecule has 0 aliphatic carbocycles. The third-order valence-electron chi connectivity index (χ3n) is 3.20. The molecule has 2 aromatic carbocycles. The number of benzene rings is 2. The highest BCUT2D eigenvalue weighted by Crippen LogP contribution is 2.33. The minimum Gasteiger partial charge on any atom is -0.496 e. The van der Waals surface area contributed by atoms with Crippen LogP contribution in [0.15, 0.2) is 40.9 Å². The molecule has 0 bridgehead atoms. The number of nitrogens with one attached hydrogen (secondary N) is 1. The molecular weight excluding hydrogens is 340 g/mol. The first-order valence-corrected chi connectivity index (χ1v) is 7.29. The highest BCUT2D eigenvalue weighted by molar-refractivity contribution is 9.10. The Morgan fingerprint density at radius 3 is 2.60 bits per heavy atom. The third kappa shape index (κ3) is 3.15. The lowest BCUT2D eigenvalue weighted by atomic mass is 9.97. The summed E-state index contributed by atoms with van der Waals surface area (Å²) in [6, 6.07) is 11.6. The van der Waals surface area contributed by atoms with Crippen molar-refractivity contribution in [2.75, 3.05) is 7.11 Å². The van der Waals surface area contributed by atoms with Gasteiger partial charge in [0, 0.05) is 15.1 Å². The molecule has 0 heterocycles. The molecule has 2 aromatic rings. The Kier molecular flexibility index (Phi) is 5.05. The van der Waals surface area contributed by atoms with Gasteiger partial charge < -0.3 is 4.74 Å². The van der Waals surface area contributed by atoms with E-state index in [1.807, 2.05) is 43.3 Å². The summed E-state index contributed by atoms with van der Waals surface area (Å²) in [4.78, 5) is 0. The van der Waals surface area contributed by atoms with Crippen LogP contribution in [-0.4, -0.2) is 7.11 Å². The molecule has 1 unspecified atom stereocenters. The SMILES string of the molecule is COc1cc(Br)ccc1C(NN)c1ccc(C)c(Cl)c1. The predicted molar refractivity (Wildman–Crippen MR) is 86.0 cm³/mol. The molecule has 0 aromatic heterocycles. The van der Waals surface area contributed by atoms with Crippen LogP contribution in [0.25, 0.3) is 0 Å². The maximum absolute atomic E-state index is 6.19. The van der Waals surface area contributed by atoms with E-state index in [1.165, 1.54) is 0 Å². The summed E-state index contributed by atoms with van der Waals surface area (Å²) in [6.45, 7) is 1.97. The molecule has 3 nitrogen and oxygen atoms in total. The van der Waals surface area contributed by atoms with Crippen LogP contribution < -0.4 is 16.0 Å². The molecule has 106 valence electrons. The Labute approximate surface area is 132 Å². The zero-order valence-electron chi connectivity index (χ0n) is 11.3. The minimum absolute atomic E-state index is 0.184. The van der Waals surface area contributed by atoms with Crippen LogP contribution in [0.2, 0.25) is 5.02 Å². The molecule has 20 heavy (non-hydrogen) atoms. The summed E-state index contributed by atoms with van der Waals surface area (Å²) in [5.41, 5.74) is 5.80. The Morgan fingerprint density at radius 1 is 1.25 bits per heavy atom. The van der Waals surface area contributed by atoms with Crippen molar-refractivity contribution >= 4 is 27.5 Å². The van der Waals surface area contributed by atoms with Crippen molar-refractivity contribution in [1.82, 2.24) is 5.43 Å². The number of methoxy groups -OCH3 is 1. The lowest BCUT2D eigenvalue weighted by molar-refractivity contribution is 0.404. The number of aryl methyl sites for hydroxylation is 1. The Bertz CT molecular complexity index is 619. The number of hydrogen-bond acceptors (Lipinski definition) is 3. The van der Waals surface area contributed by atoms with E-state index in [0.717, 1.165) is 31.9 Å². The van der Waals surface area contributed by atoms with E-state index in [-0.39, 0.29) is 6.04 Å². The van der Waals surface area contributed by atoms with E-state index in [4.69, 9.17) is 22.2 Å². The van der Waals surface area contributed by atoms with Gasteiger partial charge >= 0.3 is 0 Å². The second-order valence-corrected chi connectivity index (χ2v) is 5.82. The highest BCUT2D eigenvalue weighted by Gasteiger charge is 2.17. The third-order valence-corrected chi connectivity index (χ3v) is 4.10. The molecule has 0 aliphatic rings. The lowest BCUT2D eigenvalue weighted by Gasteiger charge is -2.20. The first kappa shape index (κ1) is 15.3. The number of nitrogens with two attached hydrogens (primary N) is 1. The van der Waals surface area contributed by atoms with E-state index in [9.17, 15) is 0 Å². The zero-order chi connectivity index (χ0) is 14.7. The van der Waals surface area contributed by atoms with Gasteiger partial charge in [-0.15, -0.1) is 0 Å². The van der Waals surface area contributed by atoms with Crippen LogP contribution in [0.1, 0.15) is 22.7 Å². The van der Waals surface area contributed by atoms with E-state index in [0.29, 0.717) is 0 Å². The normalized spacial score (nSPS) is 12.2. The van der Waals surface area contributed by atoms with Gasteiger partial charge in [-0.05, 0) is 36.2 Å². The van der Waals surface area contributed by atoms with Crippen molar-refractivity contribution in [3.63, 3.8) is 0 Å². The number of rotatable bonds is 4. The van der Waals surface area contributed by atoms with Crippen molar-refractivity contribution in [3.8, 4) is 5.75 Å². The fourth-order valence-corrected chi connectivity index (χ4v) is 2.61. The summed E-state index contributed by atoms with van der Waals surface area (Å²) in [7, 11) is 1.64. The minimum atomic E-state index is -0.184. The zero-order valence-corrected chi connectivity index (χ0v) is 13.6. The van der Waals surface area contributed by atoms with E-state index >= 15 is 0 Å². The average molecular weight is 356 g/mol. The van der Waals surface area contributed by atoms with Crippen molar-refractivity contribution in [1.29, 1.82) is 0 Å².